The molecule has 0 radical (unpaired) electrons. The number of rotatable bonds is 6. The molecule has 10 heteroatoms. The van der Waals surface area contributed by atoms with E-state index < -0.39 is 9.84 Å². The fraction of sp³-hybridized carbons (Fsp3) is 0.318. The number of para-hydroxylation sites is 1. The number of nitrogens with one attached hydrogen (secondary N) is 2. The van der Waals surface area contributed by atoms with E-state index in [9.17, 15) is 13.2 Å². The summed E-state index contributed by atoms with van der Waals surface area (Å²) in [5.41, 5.74) is 2.83. The summed E-state index contributed by atoms with van der Waals surface area (Å²) in [7, 11) is 0.430. The summed E-state index contributed by atoms with van der Waals surface area (Å²) in [6.45, 7) is 3.29. The largest absolute Gasteiger partial charge is 0.339 e. The van der Waals surface area contributed by atoms with Crippen LogP contribution in [-0.4, -0.2) is 47.2 Å². The van der Waals surface area contributed by atoms with Crippen molar-refractivity contribution in [3.05, 3.63) is 64.2 Å². The Hall–Kier alpha value is -3.24. The lowest BCUT2D eigenvalue weighted by molar-refractivity contribution is 0.306. The molecule has 2 N–H and O–H groups in total. The second-order valence-electron chi connectivity index (χ2n) is 7.80. The number of sulfone groups is 1. The van der Waals surface area contributed by atoms with Gasteiger partial charge in [-0.05, 0) is 36.9 Å². The summed E-state index contributed by atoms with van der Waals surface area (Å²) in [6.07, 6.45) is 2.37. The monoisotopic (exact) mass is 454 g/mol. The Morgan fingerprint density at radius 3 is 2.66 bits per heavy atom. The van der Waals surface area contributed by atoms with Gasteiger partial charge in [-0.3, -0.25) is 4.79 Å². The third-order valence-electron chi connectivity index (χ3n) is 5.57. The third-order valence-corrected chi connectivity index (χ3v) is 7.35. The van der Waals surface area contributed by atoms with Crippen molar-refractivity contribution in [2.45, 2.75) is 24.8 Å². The zero-order valence-electron chi connectivity index (χ0n) is 18.3. The molecular formula is C22H26N6O3S. The Balaban J connectivity index is 1.63. The molecule has 1 aliphatic rings. The average molecular weight is 455 g/mol. The van der Waals surface area contributed by atoms with E-state index >= 15 is 0 Å². The van der Waals surface area contributed by atoms with E-state index in [2.05, 4.69) is 32.5 Å². The molecule has 3 heterocycles. The van der Waals surface area contributed by atoms with E-state index in [1.54, 1.807) is 55.1 Å². The quantitative estimate of drug-likeness (QED) is 0.585. The highest BCUT2D eigenvalue weighted by atomic mass is 32.2. The maximum atomic E-state index is 12.8. The first kappa shape index (κ1) is 22.0. The highest BCUT2D eigenvalue weighted by molar-refractivity contribution is 7.91. The van der Waals surface area contributed by atoms with Gasteiger partial charge in [0.25, 0.3) is 5.56 Å². The number of fused-ring (bicyclic) bond motifs is 1. The molecule has 1 aliphatic heterocycles. The van der Waals surface area contributed by atoms with E-state index in [0.29, 0.717) is 17.2 Å². The molecule has 4 rings (SSSR count). The van der Waals surface area contributed by atoms with Gasteiger partial charge in [0.15, 0.2) is 9.84 Å². The van der Waals surface area contributed by atoms with Crippen molar-refractivity contribution < 1.29 is 8.42 Å². The standard InChI is InChI=1S/C22H26N6O3S/c1-4-32(30,31)19-8-6-5-7-16(19)24-20-9-11-23-22(26-20)25-17-13-15-14-27(2)12-10-18(15)28(3)21(17)29/h5-9,11,13H,4,10,12,14H2,1-3H3,(H2,23,24,25,26). The van der Waals surface area contributed by atoms with Gasteiger partial charge in [0.05, 0.1) is 16.3 Å². The highest BCUT2D eigenvalue weighted by Crippen LogP contribution is 2.26. The summed E-state index contributed by atoms with van der Waals surface area (Å²) >= 11 is 0. The zero-order chi connectivity index (χ0) is 22.9. The van der Waals surface area contributed by atoms with Crippen molar-refractivity contribution in [2.75, 3.05) is 30.0 Å². The van der Waals surface area contributed by atoms with Crippen LogP contribution >= 0.6 is 0 Å². The molecule has 0 saturated carbocycles. The highest BCUT2D eigenvalue weighted by Gasteiger charge is 2.19. The number of hydrogen-bond donors (Lipinski definition) is 2. The van der Waals surface area contributed by atoms with Crippen molar-refractivity contribution in [1.29, 1.82) is 0 Å². The number of aromatic nitrogens is 3. The van der Waals surface area contributed by atoms with Crippen LogP contribution in [0.25, 0.3) is 0 Å². The molecule has 2 aromatic heterocycles. The molecule has 168 valence electrons. The van der Waals surface area contributed by atoms with Gasteiger partial charge in [-0.2, -0.15) is 4.98 Å². The fourth-order valence-corrected chi connectivity index (χ4v) is 4.85. The van der Waals surface area contributed by atoms with Crippen molar-refractivity contribution >= 4 is 33.0 Å². The predicted octanol–water partition coefficient (Wildman–Crippen LogP) is 2.44. The minimum atomic E-state index is -3.40. The molecule has 0 saturated heterocycles. The van der Waals surface area contributed by atoms with Gasteiger partial charge in [0.1, 0.15) is 11.5 Å². The minimum Gasteiger partial charge on any atom is -0.339 e. The van der Waals surface area contributed by atoms with Crippen molar-refractivity contribution in [1.82, 2.24) is 19.4 Å². The first-order valence-electron chi connectivity index (χ1n) is 10.4. The summed E-state index contributed by atoms with van der Waals surface area (Å²) in [6, 6.07) is 10.2. The van der Waals surface area contributed by atoms with Crippen LogP contribution in [-0.2, 0) is 29.9 Å². The van der Waals surface area contributed by atoms with Gasteiger partial charge in [-0.25, -0.2) is 13.4 Å². The predicted molar refractivity (Wildman–Crippen MR) is 124 cm³/mol. The van der Waals surface area contributed by atoms with Crippen LogP contribution in [0.1, 0.15) is 18.2 Å². The molecular weight excluding hydrogens is 428 g/mol. The van der Waals surface area contributed by atoms with Gasteiger partial charge in [-0.1, -0.05) is 19.1 Å². The van der Waals surface area contributed by atoms with E-state index in [0.717, 1.165) is 30.8 Å². The molecule has 0 amide bonds. The van der Waals surface area contributed by atoms with Crippen LogP contribution in [0.4, 0.5) is 23.1 Å². The number of hydrogen-bond acceptors (Lipinski definition) is 8. The minimum absolute atomic E-state index is 0.000908. The summed E-state index contributed by atoms with van der Waals surface area (Å²) in [5.74, 6) is 0.654. The molecule has 0 unspecified atom stereocenters. The van der Waals surface area contributed by atoms with Crippen LogP contribution in [0.3, 0.4) is 0 Å². The third kappa shape index (κ3) is 4.37. The zero-order valence-corrected chi connectivity index (χ0v) is 19.1. The molecule has 0 bridgehead atoms. The maximum absolute atomic E-state index is 12.8. The van der Waals surface area contributed by atoms with Gasteiger partial charge in [-0.15, -0.1) is 0 Å². The van der Waals surface area contributed by atoms with Crippen LogP contribution in [0, 0.1) is 0 Å². The first-order valence-corrected chi connectivity index (χ1v) is 12.0. The van der Waals surface area contributed by atoms with Crippen LogP contribution < -0.4 is 16.2 Å². The van der Waals surface area contributed by atoms with E-state index in [1.807, 2.05) is 6.07 Å². The lowest BCUT2D eigenvalue weighted by Crippen LogP contribution is -2.33. The Morgan fingerprint density at radius 2 is 1.88 bits per heavy atom. The summed E-state index contributed by atoms with van der Waals surface area (Å²) in [4.78, 5) is 23.9. The second kappa shape index (κ2) is 8.71. The Morgan fingerprint density at radius 1 is 1.09 bits per heavy atom. The number of nitrogens with zero attached hydrogens (tertiary/aromatic N) is 4. The summed E-state index contributed by atoms with van der Waals surface area (Å²) in [5, 5.41) is 6.09. The number of anilines is 4. The SMILES string of the molecule is CCS(=O)(=O)c1ccccc1Nc1ccnc(Nc2cc3c(n(C)c2=O)CCN(C)C3)n1. The fourth-order valence-electron chi connectivity index (χ4n) is 3.80. The second-order valence-corrected chi connectivity index (χ2v) is 10.0. The Kier molecular flexibility index (Phi) is 5.98. The summed E-state index contributed by atoms with van der Waals surface area (Å²) < 4.78 is 26.5. The lowest BCUT2D eigenvalue weighted by atomic mass is 10.1. The van der Waals surface area contributed by atoms with Gasteiger partial charge >= 0.3 is 0 Å². The van der Waals surface area contributed by atoms with Crippen LogP contribution in [0.2, 0.25) is 0 Å². The van der Waals surface area contributed by atoms with Crippen molar-refractivity contribution in [2.24, 2.45) is 7.05 Å². The lowest BCUT2D eigenvalue weighted by Gasteiger charge is -2.27. The number of likely N-dealkylation sites (N-methyl/N-ethyl adjacent to an activating group) is 1. The molecule has 9 nitrogen and oxygen atoms in total. The van der Waals surface area contributed by atoms with Gasteiger partial charge in [0.2, 0.25) is 5.95 Å². The molecule has 3 aromatic rings. The molecule has 0 fully saturated rings. The van der Waals surface area contributed by atoms with Gasteiger partial charge in [0, 0.05) is 38.4 Å². The smallest absolute Gasteiger partial charge is 0.274 e. The molecule has 1 aromatic carbocycles. The first-order chi connectivity index (χ1) is 15.3. The van der Waals surface area contributed by atoms with Crippen LogP contribution in [0.5, 0.6) is 0 Å². The molecule has 32 heavy (non-hydrogen) atoms. The van der Waals surface area contributed by atoms with E-state index in [1.165, 1.54) is 0 Å². The maximum Gasteiger partial charge on any atom is 0.274 e. The van der Waals surface area contributed by atoms with Crippen LogP contribution in [0.15, 0.2) is 52.3 Å². The number of pyridine rings is 1. The average Bonchev–Trinajstić information content (AvgIpc) is 2.77. The Bertz CT molecular complexity index is 1320. The molecule has 0 spiro atoms. The molecule has 0 atom stereocenters. The van der Waals surface area contributed by atoms with E-state index in [4.69, 9.17) is 0 Å². The molecule has 0 aliphatic carbocycles. The van der Waals surface area contributed by atoms with Crippen molar-refractivity contribution in [3.8, 4) is 0 Å². The van der Waals surface area contributed by atoms with Gasteiger partial charge < -0.3 is 20.1 Å². The normalized spacial score (nSPS) is 14.1. The van der Waals surface area contributed by atoms with E-state index in [-0.39, 0.29) is 22.2 Å². The topological polar surface area (TPSA) is 109 Å². The number of benzene rings is 1. The van der Waals surface area contributed by atoms with Crippen molar-refractivity contribution in [3.63, 3.8) is 0 Å². The Labute approximate surface area is 187 Å².